The van der Waals surface area contributed by atoms with Gasteiger partial charge >= 0.3 is 0 Å². The number of thioether (sulfide) groups is 1. The van der Waals surface area contributed by atoms with Gasteiger partial charge in [-0.1, -0.05) is 17.8 Å². The van der Waals surface area contributed by atoms with Crippen molar-refractivity contribution in [2.24, 2.45) is 0 Å². The third kappa shape index (κ3) is 4.54. The Morgan fingerprint density at radius 2 is 2.04 bits per heavy atom. The summed E-state index contributed by atoms with van der Waals surface area (Å²) in [6.07, 6.45) is 2.07. The number of ether oxygens (including phenoxy) is 1. The summed E-state index contributed by atoms with van der Waals surface area (Å²) in [5.41, 5.74) is 0.510. The van der Waals surface area contributed by atoms with Crippen LogP contribution >= 0.6 is 11.8 Å². The predicted octanol–water partition coefficient (Wildman–Crippen LogP) is 1.13. The van der Waals surface area contributed by atoms with Crippen LogP contribution in [0.1, 0.15) is 12.8 Å². The van der Waals surface area contributed by atoms with Crippen molar-refractivity contribution in [2.45, 2.75) is 29.0 Å². The highest BCUT2D eigenvalue weighted by atomic mass is 32.2. The third-order valence-electron chi connectivity index (χ3n) is 4.36. The summed E-state index contributed by atoms with van der Waals surface area (Å²) in [5, 5.41) is 11.1. The molecule has 1 saturated carbocycles. The molecule has 1 saturated heterocycles. The summed E-state index contributed by atoms with van der Waals surface area (Å²) in [6.45, 7) is 1.43. The molecule has 1 aromatic carbocycles. The summed E-state index contributed by atoms with van der Waals surface area (Å²) >= 11 is 1.15. The van der Waals surface area contributed by atoms with Crippen LogP contribution in [0, 0.1) is 0 Å². The van der Waals surface area contributed by atoms with Gasteiger partial charge in [-0.05, 0) is 31.0 Å². The Labute approximate surface area is 166 Å². The average molecular weight is 425 g/mol. The zero-order valence-electron chi connectivity index (χ0n) is 15.0. The molecule has 1 aliphatic heterocycles. The number of carbonyl (C=O) groups excluding carboxylic acids is 1. The lowest BCUT2D eigenvalue weighted by Crippen LogP contribution is -2.40. The van der Waals surface area contributed by atoms with Gasteiger partial charge < -0.3 is 14.5 Å². The van der Waals surface area contributed by atoms with Gasteiger partial charge in [0.2, 0.25) is 21.8 Å². The van der Waals surface area contributed by atoms with E-state index < -0.39 is 10.0 Å². The van der Waals surface area contributed by atoms with Crippen molar-refractivity contribution >= 4 is 27.7 Å². The molecule has 1 aromatic heterocycles. The van der Waals surface area contributed by atoms with Crippen molar-refractivity contribution in [2.75, 3.05) is 32.1 Å². The topological polar surface area (TPSA) is 115 Å². The van der Waals surface area contributed by atoms with Gasteiger partial charge in [0.25, 0.3) is 5.22 Å². The first-order valence-corrected chi connectivity index (χ1v) is 11.4. The largest absolute Gasteiger partial charge is 0.411 e. The van der Waals surface area contributed by atoms with Gasteiger partial charge in [-0.2, -0.15) is 4.31 Å². The highest BCUT2D eigenvalue weighted by Crippen LogP contribution is 2.27. The Kier molecular flexibility index (Phi) is 5.67. The molecule has 0 unspecified atom stereocenters. The van der Waals surface area contributed by atoms with E-state index in [1.165, 1.54) is 10.4 Å². The minimum Gasteiger partial charge on any atom is -0.411 e. The maximum Gasteiger partial charge on any atom is 0.277 e. The normalized spacial score (nSPS) is 18.1. The van der Waals surface area contributed by atoms with Crippen LogP contribution in [0.2, 0.25) is 0 Å². The van der Waals surface area contributed by atoms with E-state index in [2.05, 4.69) is 15.5 Å². The van der Waals surface area contributed by atoms with Gasteiger partial charge in [-0.3, -0.25) is 4.79 Å². The number of sulfonamides is 1. The molecule has 150 valence electrons. The van der Waals surface area contributed by atoms with E-state index in [1.807, 2.05) is 0 Å². The molecule has 2 aliphatic rings. The zero-order chi connectivity index (χ0) is 19.6. The van der Waals surface area contributed by atoms with Crippen LogP contribution in [0.5, 0.6) is 0 Å². The summed E-state index contributed by atoms with van der Waals surface area (Å²) in [4.78, 5) is 11.9. The van der Waals surface area contributed by atoms with Crippen molar-refractivity contribution in [1.82, 2.24) is 19.8 Å². The van der Waals surface area contributed by atoms with Gasteiger partial charge in [0.05, 0.1) is 23.9 Å². The predicted molar refractivity (Wildman–Crippen MR) is 101 cm³/mol. The van der Waals surface area contributed by atoms with E-state index >= 15 is 0 Å². The number of rotatable bonds is 7. The molecular weight excluding hydrogens is 404 g/mol. The van der Waals surface area contributed by atoms with Crippen LogP contribution < -0.4 is 5.32 Å². The van der Waals surface area contributed by atoms with E-state index in [-0.39, 0.29) is 27.7 Å². The van der Waals surface area contributed by atoms with E-state index in [0.29, 0.717) is 37.9 Å². The minimum atomic E-state index is -3.61. The fourth-order valence-corrected chi connectivity index (χ4v) is 4.76. The van der Waals surface area contributed by atoms with Crippen molar-refractivity contribution in [3.8, 4) is 11.5 Å². The second kappa shape index (κ2) is 8.19. The van der Waals surface area contributed by atoms with Gasteiger partial charge in [0.1, 0.15) is 0 Å². The van der Waals surface area contributed by atoms with Crippen LogP contribution in [0.4, 0.5) is 0 Å². The first-order valence-electron chi connectivity index (χ1n) is 8.96. The number of carbonyl (C=O) groups is 1. The SMILES string of the molecule is O=C(CSc1nnc(-c2cccc(S(=O)(=O)N3CCOCC3)c2)o1)NC1CC1. The van der Waals surface area contributed by atoms with Crippen LogP contribution in [0.15, 0.2) is 38.8 Å². The highest BCUT2D eigenvalue weighted by Gasteiger charge is 2.27. The van der Waals surface area contributed by atoms with Crippen LogP contribution in [0.25, 0.3) is 11.5 Å². The van der Waals surface area contributed by atoms with Crippen LogP contribution in [-0.2, 0) is 19.6 Å². The number of morpholine rings is 1. The molecule has 0 radical (unpaired) electrons. The van der Waals surface area contributed by atoms with Gasteiger partial charge in [0.15, 0.2) is 0 Å². The number of hydrogen-bond acceptors (Lipinski definition) is 8. The Hall–Kier alpha value is -1.95. The number of benzene rings is 1. The fraction of sp³-hybridized carbons (Fsp3) is 0.471. The van der Waals surface area contributed by atoms with E-state index in [0.717, 1.165) is 24.6 Å². The number of hydrogen-bond donors (Lipinski definition) is 1. The number of nitrogens with zero attached hydrogens (tertiary/aromatic N) is 3. The van der Waals surface area contributed by atoms with E-state index in [4.69, 9.17) is 9.15 Å². The summed E-state index contributed by atoms with van der Waals surface area (Å²) < 4.78 is 37.8. The molecule has 11 heteroatoms. The summed E-state index contributed by atoms with van der Waals surface area (Å²) in [7, 11) is -3.61. The molecule has 2 fully saturated rings. The molecule has 1 amide bonds. The lowest BCUT2D eigenvalue weighted by atomic mass is 10.2. The van der Waals surface area contributed by atoms with Crippen molar-refractivity contribution in [1.29, 1.82) is 0 Å². The lowest BCUT2D eigenvalue weighted by Gasteiger charge is -2.26. The first-order chi connectivity index (χ1) is 13.5. The summed E-state index contributed by atoms with van der Waals surface area (Å²) in [5.74, 6) is 0.346. The molecule has 1 N–H and O–H groups in total. The molecule has 2 heterocycles. The maximum atomic E-state index is 12.8. The number of amides is 1. The molecule has 0 spiro atoms. The number of aromatic nitrogens is 2. The Bertz CT molecular complexity index is 952. The molecule has 0 atom stereocenters. The fourth-order valence-electron chi connectivity index (χ4n) is 2.73. The van der Waals surface area contributed by atoms with Crippen molar-refractivity contribution < 1.29 is 22.4 Å². The van der Waals surface area contributed by atoms with Crippen molar-refractivity contribution in [3.05, 3.63) is 24.3 Å². The molecule has 28 heavy (non-hydrogen) atoms. The minimum absolute atomic E-state index is 0.0640. The monoisotopic (exact) mass is 424 g/mol. The highest BCUT2D eigenvalue weighted by molar-refractivity contribution is 7.99. The Morgan fingerprint density at radius 1 is 1.25 bits per heavy atom. The molecule has 0 bridgehead atoms. The maximum absolute atomic E-state index is 12.8. The number of nitrogens with one attached hydrogen (secondary N) is 1. The Balaban J connectivity index is 1.45. The first kappa shape index (κ1) is 19.4. The zero-order valence-corrected chi connectivity index (χ0v) is 16.7. The van der Waals surface area contributed by atoms with Gasteiger partial charge in [0, 0.05) is 24.7 Å². The molecule has 2 aromatic rings. The molecule has 1 aliphatic carbocycles. The van der Waals surface area contributed by atoms with Gasteiger partial charge in [-0.25, -0.2) is 8.42 Å². The quantitative estimate of drug-likeness (QED) is 0.658. The second-order valence-corrected chi connectivity index (χ2v) is 9.41. The smallest absolute Gasteiger partial charge is 0.277 e. The van der Waals surface area contributed by atoms with Crippen LogP contribution in [0.3, 0.4) is 0 Å². The molecule has 4 rings (SSSR count). The molecular formula is C17H20N4O5S2. The molecule has 9 nitrogen and oxygen atoms in total. The standard InChI is InChI=1S/C17H20N4O5S2/c22-15(18-13-4-5-13)11-27-17-20-19-16(26-17)12-2-1-3-14(10-12)28(23,24)21-6-8-25-9-7-21/h1-3,10,13H,4-9,11H2,(H,18,22). The van der Waals surface area contributed by atoms with Crippen LogP contribution in [-0.4, -0.2) is 66.9 Å². The Morgan fingerprint density at radius 3 is 2.79 bits per heavy atom. The van der Waals surface area contributed by atoms with E-state index in [9.17, 15) is 13.2 Å². The second-order valence-electron chi connectivity index (χ2n) is 6.55. The summed E-state index contributed by atoms with van der Waals surface area (Å²) in [6, 6.07) is 6.72. The van der Waals surface area contributed by atoms with E-state index in [1.54, 1.807) is 18.2 Å². The average Bonchev–Trinajstić information content (AvgIpc) is 3.40. The lowest BCUT2D eigenvalue weighted by molar-refractivity contribution is -0.118. The van der Waals surface area contributed by atoms with Crippen molar-refractivity contribution in [3.63, 3.8) is 0 Å². The van der Waals surface area contributed by atoms with Gasteiger partial charge in [-0.15, -0.1) is 10.2 Å². The third-order valence-corrected chi connectivity index (χ3v) is 7.08.